The van der Waals surface area contributed by atoms with Gasteiger partial charge in [0.05, 0.1) is 18.3 Å². The lowest BCUT2D eigenvalue weighted by Gasteiger charge is -2.06. The van der Waals surface area contributed by atoms with Crippen LogP contribution in [0.4, 0.5) is 5.69 Å². The van der Waals surface area contributed by atoms with Gasteiger partial charge < -0.3 is 15.1 Å². The Labute approximate surface area is 85.8 Å². The van der Waals surface area contributed by atoms with Gasteiger partial charge in [0.2, 0.25) is 0 Å². The molecular weight excluding hydrogens is 194 g/mol. The molecule has 0 saturated carbocycles. The molecule has 0 radical (unpaired) electrons. The highest BCUT2D eigenvalue weighted by molar-refractivity contribution is 5.91. The van der Waals surface area contributed by atoms with E-state index < -0.39 is 0 Å². The van der Waals surface area contributed by atoms with Crippen LogP contribution in [0, 0.1) is 0 Å². The van der Waals surface area contributed by atoms with Gasteiger partial charge in [0.15, 0.2) is 0 Å². The third kappa shape index (κ3) is 1.64. The van der Waals surface area contributed by atoms with Gasteiger partial charge in [-0.15, -0.1) is 0 Å². The van der Waals surface area contributed by atoms with Crippen LogP contribution >= 0.6 is 0 Å². The molecule has 78 valence electrons. The average molecular weight is 205 g/mol. The molecule has 0 amide bonds. The fraction of sp³-hybridized carbons (Fsp3) is 0.100. The number of nitrogens with one attached hydrogen (secondary N) is 2. The van der Waals surface area contributed by atoms with Crippen LogP contribution in [-0.4, -0.2) is 12.1 Å². The van der Waals surface area contributed by atoms with Crippen LogP contribution in [0.15, 0.2) is 29.1 Å². The van der Waals surface area contributed by atoms with E-state index in [1.165, 1.54) is 6.07 Å². The van der Waals surface area contributed by atoms with Crippen LogP contribution in [0.3, 0.4) is 0 Å². The number of ether oxygens (including phenoxy) is 1. The first-order valence-corrected chi connectivity index (χ1v) is 4.42. The average Bonchev–Trinajstić information content (AvgIpc) is 2.27. The summed E-state index contributed by atoms with van der Waals surface area (Å²) in [7, 11) is 1.59. The highest BCUT2D eigenvalue weighted by Gasteiger charge is 2.03. The van der Waals surface area contributed by atoms with Crippen LogP contribution in [0.2, 0.25) is 0 Å². The molecule has 5 heteroatoms. The van der Waals surface area contributed by atoms with Crippen LogP contribution in [0.1, 0.15) is 0 Å². The first-order chi connectivity index (χ1) is 7.24. The van der Waals surface area contributed by atoms with Crippen molar-refractivity contribution in [2.24, 2.45) is 5.84 Å². The molecule has 0 fully saturated rings. The Morgan fingerprint density at radius 1 is 1.40 bits per heavy atom. The standard InChI is InChI=1S/C10H11N3O2/c1-15-6-2-3-8-7(4-6)9(13-11)5-10(14)12-8/h2-5H,11H2,1H3,(H2,12,13,14). The number of hydrogen-bond donors (Lipinski definition) is 3. The number of fused-ring (bicyclic) bond motifs is 1. The summed E-state index contributed by atoms with van der Waals surface area (Å²) >= 11 is 0. The Kier molecular flexibility index (Phi) is 2.31. The Bertz CT molecular complexity index is 548. The molecule has 0 aliphatic rings. The molecule has 0 aliphatic carbocycles. The summed E-state index contributed by atoms with van der Waals surface area (Å²) in [6.45, 7) is 0. The van der Waals surface area contributed by atoms with Crippen molar-refractivity contribution in [1.82, 2.24) is 4.98 Å². The van der Waals surface area contributed by atoms with Gasteiger partial charge in [0, 0.05) is 11.5 Å². The van der Waals surface area contributed by atoms with Gasteiger partial charge in [-0.1, -0.05) is 0 Å². The number of nitrogens with two attached hydrogens (primary N) is 1. The van der Waals surface area contributed by atoms with E-state index in [1.807, 2.05) is 0 Å². The molecule has 4 N–H and O–H groups in total. The van der Waals surface area contributed by atoms with Crippen molar-refractivity contribution in [1.29, 1.82) is 0 Å². The smallest absolute Gasteiger partial charge is 0.250 e. The van der Waals surface area contributed by atoms with Crippen LogP contribution in [0.25, 0.3) is 10.9 Å². The quantitative estimate of drug-likeness (QED) is 0.501. The maximum atomic E-state index is 11.2. The molecule has 0 bridgehead atoms. The third-order valence-corrected chi connectivity index (χ3v) is 2.21. The van der Waals surface area contributed by atoms with E-state index >= 15 is 0 Å². The molecule has 1 aromatic heterocycles. The maximum absolute atomic E-state index is 11.2. The number of hydrogen-bond acceptors (Lipinski definition) is 4. The molecule has 0 unspecified atom stereocenters. The number of aromatic amines is 1. The van der Waals surface area contributed by atoms with Gasteiger partial charge in [0.1, 0.15) is 5.75 Å². The minimum absolute atomic E-state index is 0.194. The zero-order valence-electron chi connectivity index (χ0n) is 8.20. The summed E-state index contributed by atoms with van der Waals surface area (Å²) in [5.41, 5.74) is 3.59. The number of anilines is 1. The van der Waals surface area contributed by atoms with Crippen molar-refractivity contribution in [3.8, 4) is 5.75 Å². The Balaban J connectivity index is 2.79. The summed E-state index contributed by atoms with van der Waals surface area (Å²) in [4.78, 5) is 13.9. The van der Waals surface area contributed by atoms with E-state index in [9.17, 15) is 4.79 Å². The molecule has 2 rings (SSSR count). The lowest BCUT2D eigenvalue weighted by molar-refractivity contribution is 0.415. The van der Waals surface area contributed by atoms with Gasteiger partial charge in [-0.25, -0.2) is 0 Å². The molecule has 0 spiro atoms. The van der Waals surface area contributed by atoms with Gasteiger partial charge in [-0.2, -0.15) is 0 Å². The fourth-order valence-electron chi connectivity index (χ4n) is 1.48. The number of hydrazine groups is 1. The molecule has 0 aliphatic heterocycles. The maximum Gasteiger partial charge on any atom is 0.250 e. The molecule has 2 aromatic rings. The Morgan fingerprint density at radius 3 is 2.87 bits per heavy atom. The van der Waals surface area contributed by atoms with Crippen molar-refractivity contribution >= 4 is 16.6 Å². The molecule has 15 heavy (non-hydrogen) atoms. The minimum Gasteiger partial charge on any atom is -0.497 e. The van der Waals surface area contributed by atoms with Crippen LogP contribution < -0.4 is 21.6 Å². The summed E-state index contributed by atoms with van der Waals surface area (Å²) in [6.07, 6.45) is 0. The largest absolute Gasteiger partial charge is 0.497 e. The molecular formula is C10H11N3O2. The number of methoxy groups -OCH3 is 1. The molecule has 0 atom stereocenters. The van der Waals surface area contributed by atoms with Gasteiger partial charge in [0.25, 0.3) is 5.56 Å². The van der Waals surface area contributed by atoms with Gasteiger partial charge in [-0.05, 0) is 18.2 Å². The molecule has 1 heterocycles. The second-order valence-corrected chi connectivity index (χ2v) is 3.10. The lowest BCUT2D eigenvalue weighted by atomic mass is 10.2. The van der Waals surface area contributed by atoms with Crippen molar-refractivity contribution < 1.29 is 4.74 Å². The SMILES string of the molecule is COc1ccc2[nH]c(=O)cc(NN)c2c1. The zero-order chi connectivity index (χ0) is 10.8. The van der Waals surface area contributed by atoms with E-state index in [0.29, 0.717) is 11.4 Å². The van der Waals surface area contributed by atoms with Crippen molar-refractivity contribution in [3.05, 3.63) is 34.6 Å². The Hall–Kier alpha value is -2.01. The van der Waals surface area contributed by atoms with Crippen LogP contribution in [0.5, 0.6) is 5.75 Å². The van der Waals surface area contributed by atoms with Crippen LogP contribution in [-0.2, 0) is 0 Å². The summed E-state index contributed by atoms with van der Waals surface area (Å²) in [5.74, 6) is 6.05. The van der Waals surface area contributed by atoms with Gasteiger partial charge in [-0.3, -0.25) is 10.6 Å². The second-order valence-electron chi connectivity index (χ2n) is 3.10. The number of aromatic nitrogens is 1. The van der Waals surface area contributed by atoms with E-state index in [2.05, 4.69) is 10.4 Å². The summed E-state index contributed by atoms with van der Waals surface area (Å²) < 4.78 is 5.09. The highest BCUT2D eigenvalue weighted by Crippen LogP contribution is 2.23. The predicted octanol–water partition coefficient (Wildman–Crippen LogP) is 0.822. The zero-order valence-corrected chi connectivity index (χ0v) is 8.20. The highest BCUT2D eigenvalue weighted by atomic mass is 16.5. The fourth-order valence-corrected chi connectivity index (χ4v) is 1.48. The number of benzene rings is 1. The molecule has 1 aromatic carbocycles. The van der Waals surface area contributed by atoms with Crippen molar-refractivity contribution in [2.45, 2.75) is 0 Å². The second kappa shape index (κ2) is 3.62. The topological polar surface area (TPSA) is 80.1 Å². The van der Waals surface area contributed by atoms with Crippen molar-refractivity contribution in [3.63, 3.8) is 0 Å². The first-order valence-electron chi connectivity index (χ1n) is 4.42. The normalized spacial score (nSPS) is 10.3. The lowest BCUT2D eigenvalue weighted by Crippen LogP contribution is -2.12. The monoisotopic (exact) mass is 205 g/mol. The van der Waals surface area contributed by atoms with E-state index in [1.54, 1.807) is 25.3 Å². The summed E-state index contributed by atoms with van der Waals surface area (Å²) in [5, 5.41) is 0.816. The number of nitrogen functional groups attached to an aromatic ring is 1. The third-order valence-electron chi connectivity index (χ3n) is 2.21. The molecule has 5 nitrogen and oxygen atoms in total. The Morgan fingerprint density at radius 2 is 2.20 bits per heavy atom. The van der Waals surface area contributed by atoms with E-state index in [4.69, 9.17) is 10.6 Å². The minimum atomic E-state index is -0.194. The predicted molar refractivity (Wildman–Crippen MR) is 58.9 cm³/mol. The number of H-pyrrole nitrogens is 1. The first kappa shape index (κ1) is 9.54. The van der Waals surface area contributed by atoms with E-state index in [0.717, 1.165) is 10.9 Å². The van der Waals surface area contributed by atoms with E-state index in [-0.39, 0.29) is 5.56 Å². The van der Waals surface area contributed by atoms with Gasteiger partial charge >= 0.3 is 0 Å². The number of rotatable bonds is 2. The summed E-state index contributed by atoms with van der Waals surface area (Å²) in [6, 6.07) is 6.76. The van der Waals surface area contributed by atoms with Crippen molar-refractivity contribution in [2.75, 3.05) is 12.5 Å². The number of pyridine rings is 1. The molecule has 0 saturated heterocycles.